The van der Waals surface area contributed by atoms with Gasteiger partial charge in [0.05, 0.1) is 34.7 Å². The molecule has 0 amide bonds. The van der Waals surface area contributed by atoms with E-state index in [1.807, 2.05) is 42.5 Å². The molecular weight excluding hydrogens is 528 g/mol. The summed E-state index contributed by atoms with van der Waals surface area (Å²) < 4.78 is 13.7. The number of nitrogens with zero attached hydrogens (tertiary/aromatic N) is 4. The minimum atomic E-state index is -1.25. The maximum atomic E-state index is 12.8. The Hall–Kier alpha value is -3.73. The minimum Gasteiger partial charge on any atom is -0.477 e. The number of methoxy groups -OCH3 is 2. The number of fused-ring (bicyclic) bond motifs is 1. The standard InChI is InChI=1S/C30H32N4O5S/c1-38-18-22-4-3-12-33(22)30-31-25-10-9-21(14-28(25)40-30)34-17-24(29(36)37)27(35)15-26(34)19-5-7-20(8-6-19)32-13-11-23(16-32)39-2/h5-10,14-15,17,22-23H,3-4,11-13,16,18H2,1-2H3,(H,36,37)/t22-,23-/m1/s1. The smallest absolute Gasteiger partial charge is 0.341 e. The van der Waals surface area contributed by atoms with E-state index in [0.717, 1.165) is 71.2 Å². The predicted molar refractivity (Wildman–Crippen MR) is 157 cm³/mol. The molecule has 1 N–H and O–H groups in total. The van der Waals surface area contributed by atoms with Crippen LogP contribution in [0.1, 0.15) is 29.6 Å². The van der Waals surface area contributed by atoms with Gasteiger partial charge in [0.25, 0.3) is 0 Å². The number of benzene rings is 2. The van der Waals surface area contributed by atoms with Crippen LogP contribution in [0, 0.1) is 0 Å². The van der Waals surface area contributed by atoms with Crippen LogP contribution in [-0.4, -0.2) is 73.2 Å². The summed E-state index contributed by atoms with van der Waals surface area (Å²) in [5.74, 6) is -1.25. The van der Waals surface area contributed by atoms with E-state index in [4.69, 9.17) is 14.5 Å². The van der Waals surface area contributed by atoms with Crippen LogP contribution in [-0.2, 0) is 9.47 Å². The molecule has 0 bridgehead atoms. The lowest BCUT2D eigenvalue weighted by molar-refractivity contribution is 0.0695. The molecule has 40 heavy (non-hydrogen) atoms. The average molecular weight is 561 g/mol. The second-order valence-corrected chi connectivity index (χ2v) is 11.4. The number of thiazole rings is 1. The van der Waals surface area contributed by atoms with Crippen LogP contribution in [0.2, 0.25) is 0 Å². The van der Waals surface area contributed by atoms with Crippen LogP contribution in [0.25, 0.3) is 27.2 Å². The first-order valence-corrected chi connectivity index (χ1v) is 14.3. The quantitative estimate of drug-likeness (QED) is 0.333. The third-order valence-electron chi connectivity index (χ3n) is 7.91. The molecule has 2 fully saturated rings. The van der Waals surface area contributed by atoms with Crippen molar-refractivity contribution in [1.82, 2.24) is 9.55 Å². The topological polar surface area (TPSA) is 97.1 Å². The molecule has 0 spiro atoms. The van der Waals surface area contributed by atoms with Crippen LogP contribution in [0.5, 0.6) is 0 Å². The van der Waals surface area contributed by atoms with Crippen LogP contribution in [0.15, 0.2) is 59.5 Å². The predicted octanol–water partition coefficient (Wildman–Crippen LogP) is 4.65. The Morgan fingerprint density at radius 3 is 2.60 bits per heavy atom. The van der Waals surface area contributed by atoms with Crippen LogP contribution >= 0.6 is 11.3 Å². The average Bonchev–Trinajstić information content (AvgIpc) is 3.72. The number of aromatic nitrogens is 2. The zero-order valence-electron chi connectivity index (χ0n) is 22.6. The van der Waals surface area contributed by atoms with E-state index in [1.165, 1.54) is 12.3 Å². The lowest BCUT2D eigenvalue weighted by Gasteiger charge is -2.22. The van der Waals surface area contributed by atoms with Gasteiger partial charge in [-0.1, -0.05) is 23.5 Å². The molecular formula is C30H32N4O5S. The number of anilines is 2. The Morgan fingerprint density at radius 2 is 1.88 bits per heavy atom. The van der Waals surface area contributed by atoms with Gasteiger partial charge in [0.15, 0.2) is 10.6 Å². The second-order valence-electron chi connectivity index (χ2n) is 10.3. The van der Waals surface area contributed by atoms with E-state index in [-0.39, 0.29) is 11.7 Å². The summed E-state index contributed by atoms with van der Waals surface area (Å²) in [6, 6.07) is 15.7. The normalized spacial score (nSPS) is 19.1. The van der Waals surface area contributed by atoms with Gasteiger partial charge in [-0.15, -0.1) is 0 Å². The highest BCUT2D eigenvalue weighted by Gasteiger charge is 2.27. The van der Waals surface area contributed by atoms with Gasteiger partial charge < -0.3 is 28.9 Å². The summed E-state index contributed by atoms with van der Waals surface area (Å²) in [6.45, 7) is 3.39. The van der Waals surface area contributed by atoms with Crippen LogP contribution < -0.4 is 15.2 Å². The van der Waals surface area contributed by atoms with Crippen molar-refractivity contribution in [3.63, 3.8) is 0 Å². The van der Waals surface area contributed by atoms with E-state index < -0.39 is 11.4 Å². The lowest BCUT2D eigenvalue weighted by Crippen LogP contribution is -2.32. The first-order valence-electron chi connectivity index (χ1n) is 13.5. The molecule has 2 saturated heterocycles. The Bertz CT molecular complexity index is 1600. The van der Waals surface area contributed by atoms with Gasteiger partial charge in [0.1, 0.15) is 5.56 Å². The monoisotopic (exact) mass is 560 g/mol. The molecule has 2 aromatic heterocycles. The molecule has 9 nitrogen and oxygen atoms in total. The SMILES string of the molecule is COC[C@H]1CCCN1c1nc2ccc(-n3cc(C(=O)O)c(=O)cc3-c3ccc(N4CC[C@@H](OC)C4)cc3)cc2s1. The van der Waals surface area contributed by atoms with Gasteiger partial charge in [-0.2, -0.15) is 0 Å². The summed E-state index contributed by atoms with van der Waals surface area (Å²) in [5.41, 5.74) is 3.40. The molecule has 0 radical (unpaired) electrons. The molecule has 0 unspecified atom stereocenters. The molecule has 2 aliphatic rings. The highest BCUT2D eigenvalue weighted by molar-refractivity contribution is 7.22. The van der Waals surface area contributed by atoms with Crippen molar-refractivity contribution in [2.75, 3.05) is 50.3 Å². The number of hydrogen-bond acceptors (Lipinski definition) is 8. The number of carboxylic acids is 1. The van der Waals surface area contributed by atoms with Gasteiger partial charge in [0, 0.05) is 57.5 Å². The van der Waals surface area contributed by atoms with Crippen molar-refractivity contribution >= 4 is 38.3 Å². The fourth-order valence-electron chi connectivity index (χ4n) is 5.76. The van der Waals surface area contributed by atoms with Crippen molar-refractivity contribution in [1.29, 1.82) is 0 Å². The zero-order chi connectivity index (χ0) is 27.8. The van der Waals surface area contributed by atoms with E-state index in [1.54, 1.807) is 30.1 Å². The molecule has 2 aromatic carbocycles. The van der Waals surface area contributed by atoms with Gasteiger partial charge in [-0.3, -0.25) is 4.79 Å². The lowest BCUT2D eigenvalue weighted by atomic mass is 10.1. The summed E-state index contributed by atoms with van der Waals surface area (Å²) in [7, 11) is 3.47. The molecule has 4 aromatic rings. The largest absolute Gasteiger partial charge is 0.477 e. The number of aromatic carboxylic acids is 1. The maximum Gasteiger partial charge on any atom is 0.341 e. The number of carbonyl (C=O) groups is 1. The van der Waals surface area contributed by atoms with E-state index in [2.05, 4.69) is 9.80 Å². The van der Waals surface area contributed by atoms with E-state index in [9.17, 15) is 14.7 Å². The van der Waals surface area contributed by atoms with Gasteiger partial charge >= 0.3 is 5.97 Å². The third kappa shape index (κ3) is 4.98. The minimum absolute atomic E-state index is 0.229. The van der Waals surface area contributed by atoms with Crippen molar-refractivity contribution in [3.05, 3.63) is 70.5 Å². The van der Waals surface area contributed by atoms with Crippen molar-refractivity contribution < 1.29 is 19.4 Å². The van der Waals surface area contributed by atoms with E-state index >= 15 is 0 Å². The molecule has 2 atom stereocenters. The van der Waals surface area contributed by atoms with Gasteiger partial charge in [-0.25, -0.2) is 9.78 Å². The number of ether oxygens (including phenoxy) is 2. The number of carboxylic acid groups (broad SMARTS) is 1. The Labute approximate surface area is 236 Å². The van der Waals surface area contributed by atoms with Crippen LogP contribution in [0.4, 0.5) is 10.8 Å². The molecule has 0 aliphatic carbocycles. The van der Waals surface area contributed by atoms with Crippen molar-refractivity contribution in [2.45, 2.75) is 31.4 Å². The second kappa shape index (κ2) is 11.0. The van der Waals surface area contributed by atoms with Crippen molar-refractivity contribution in [3.8, 4) is 16.9 Å². The highest BCUT2D eigenvalue weighted by atomic mass is 32.1. The Balaban J connectivity index is 1.38. The van der Waals surface area contributed by atoms with Gasteiger partial charge in [-0.05, 0) is 55.2 Å². The summed E-state index contributed by atoms with van der Waals surface area (Å²) in [5, 5.41) is 10.7. The zero-order valence-corrected chi connectivity index (χ0v) is 23.4. The van der Waals surface area contributed by atoms with Crippen LogP contribution in [0.3, 0.4) is 0 Å². The Morgan fingerprint density at radius 1 is 1.07 bits per heavy atom. The molecule has 0 saturated carbocycles. The number of pyridine rings is 1. The molecule has 4 heterocycles. The third-order valence-corrected chi connectivity index (χ3v) is 8.96. The maximum absolute atomic E-state index is 12.8. The van der Waals surface area contributed by atoms with E-state index in [0.29, 0.717) is 18.3 Å². The molecule has 10 heteroatoms. The summed E-state index contributed by atoms with van der Waals surface area (Å²) in [4.78, 5) is 34.2. The summed E-state index contributed by atoms with van der Waals surface area (Å²) in [6.07, 6.45) is 4.83. The fraction of sp³-hybridized carbons (Fsp3) is 0.367. The number of rotatable bonds is 8. The number of hydrogen-bond donors (Lipinski definition) is 1. The molecule has 208 valence electrons. The fourth-order valence-corrected chi connectivity index (χ4v) is 6.85. The van der Waals surface area contributed by atoms with Crippen molar-refractivity contribution in [2.24, 2.45) is 0 Å². The Kier molecular flexibility index (Phi) is 7.31. The summed E-state index contributed by atoms with van der Waals surface area (Å²) >= 11 is 1.62. The molecule has 2 aliphatic heterocycles. The molecule has 6 rings (SSSR count). The first kappa shape index (κ1) is 26.5. The first-order chi connectivity index (χ1) is 19.4. The highest BCUT2D eigenvalue weighted by Crippen LogP contribution is 2.35. The van der Waals surface area contributed by atoms with Gasteiger partial charge in [0.2, 0.25) is 0 Å².